The van der Waals surface area contributed by atoms with Gasteiger partial charge in [-0.2, -0.15) is 0 Å². The molecule has 1 aliphatic heterocycles. The highest BCUT2D eigenvalue weighted by Crippen LogP contribution is 2.28. The van der Waals surface area contributed by atoms with Crippen molar-refractivity contribution in [2.75, 3.05) is 16.8 Å². The maximum absolute atomic E-state index is 12.6. The van der Waals surface area contributed by atoms with Gasteiger partial charge >= 0.3 is 0 Å². The average molecular weight is 399 g/mol. The Bertz CT molecular complexity index is 832. The summed E-state index contributed by atoms with van der Waals surface area (Å²) < 4.78 is 0.966. The normalized spacial score (nSPS) is 19.2. The highest BCUT2D eigenvalue weighted by atomic mass is 79.9. The zero-order valence-electron chi connectivity index (χ0n) is 13.8. The highest BCUT2D eigenvalue weighted by molar-refractivity contribution is 9.10. The first-order valence-corrected chi connectivity index (χ1v) is 9.38. The number of rotatable bonds is 3. The Labute approximate surface area is 155 Å². The van der Waals surface area contributed by atoms with Crippen molar-refractivity contribution in [2.45, 2.75) is 25.7 Å². The van der Waals surface area contributed by atoms with E-state index < -0.39 is 0 Å². The molecule has 4 rings (SSSR count). The molecule has 1 heterocycles. The molecule has 4 nitrogen and oxygen atoms in total. The number of amides is 2. The van der Waals surface area contributed by atoms with Gasteiger partial charge in [-0.15, -0.1) is 0 Å². The van der Waals surface area contributed by atoms with Crippen LogP contribution >= 0.6 is 15.9 Å². The summed E-state index contributed by atoms with van der Waals surface area (Å²) in [6.07, 6.45) is 3.65. The quantitative estimate of drug-likeness (QED) is 0.851. The number of hydrogen-bond donors (Lipinski definition) is 1. The fourth-order valence-corrected chi connectivity index (χ4v) is 3.91. The Hall–Kier alpha value is -2.14. The topological polar surface area (TPSA) is 49.4 Å². The van der Waals surface area contributed by atoms with Gasteiger partial charge in [0.05, 0.1) is 5.92 Å². The van der Waals surface area contributed by atoms with Crippen molar-refractivity contribution in [3.05, 3.63) is 58.1 Å². The van der Waals surface area contributed by atoms with Crippen LogP contribution in [0.5, 0.6) is 0 Å². The lowest BCUT2D eigenvalue weighted by Crippen LogP contribution is -2.28. The second-order valence-electron chi connectivity index (χ2n) is 6.71. The first-order valence-electron chi connectivity index (χ1n) is 8.59. The Morgan fingerprint density at radius 3 is 2.64 bits per heavy atom. The molecule has 1 fully saturated rings. The molecule has 2 aromatic carbocycles. The molecule has 2 amide bonds. The molecule has 0 spiro atoms. The van der Waals surface area contributed by atoms with E-state index in [-0.39, 0.29) is 24.2 Å². The molecule has 0 radical (unpaired) electrons. The number of hydrogen-bond acceptors (Lipinski definition) is 2. The van der Waals surface area contributed by atoms with E-state index in [4.69, 9.17) is 0 Å². The number of carbonyl (C=O) groups is 2. The monoisotopic (exact) mass is 398 g/mol. The number of carbonyl (C=O) groups excluding carboxylic acids is 2. The summed E-state index contributed by atoms with van der Waals surface area (Å²) in [6, 6.07) is 13.7. The molecule has 1 unspecified atom stereocenters. The van der Waals surface area contributed by atoms with Crippen LogP contribution < -0.4 is 10.2 Å². The minimum Gasteiger partial charge on any atom is -0.326 e. The van der Waals surface area contributed by atoms with Crippen molar-refractivity contribution in [3.8, 4) is 0 Å². The summed E-state index contributed by atoms with van der Waals surface area (Å²) in [5, 5.41) is 2.99. The smallest absolute Gasteiger partial charge is 0.229 e. The molecule has 0 bridgehead atoms. The van der Waals surface area contributed by atoms with Crippen LogP contribution in [0.15, 0.2) is 46.9 Å². The molecule has 1 atom stereocenters. The zero-order chi connectivity index (χ0) is 17.4. The van der Waals surface area contributed by atoms with Crippen LogP contribution in [0.3, 0.4) is 0 Å². The third-order valence-electron chi connectivity index (χ3n) is 5.00. The van der Waals surface area contributed by atoms with E-state index in [1.54, 1.807) is 4.90 Å². The lowest BCUT2D eigenvalue weighted by molar-refractivity contribution is -0.122. The third-order valence-corrected chi connectivity index (χ3v) is 5.53. The Morgan fingerprint density at radius 2 is 1.84 bits per heavy atom. The van der Waals surface area contributed by atoms with Crippen LogP contribution in [0, 0.1) is 5.92 Å². The number of halogens is 1. The predicted octanol–water partition coefficient (Wildman–Crippen LogP) is 3.93. The SMILES string of the molecule is O=C(Nc1ccc2c(c1)CCC2)C1CC(=O)N(c2ccc(Br)cc2)C1. The Balaban J connectivity index is 1.44. The molecule has 2 aliphatic rings. The number of aryl methyl sites for hydroxylation is 2. The van der Waals surface area contributed by atoms with Gasteiger partial charge in [-0.1, -0.05) is 22.0 Å². The Kier molecular flexibility index (Phi) is 4.34. The van der Waals surface area contributed by atoms with Crippen LogP contribution in [0.1, 0.15) is 24.0 Å². The second kappa shape index (κ2) is 6.64. The lowest BCUT2D eigenvalue weighted by atomic mass is 10.1. The molecule has 25 heavy (non-hydrogen) atoms. The minimum absolute atomic E-state index is 0.00331. The van der Waals surface area contributed by atoms with Crippen molar-refractivity contribution in [1.29, 1.82) is 0 Å². The number of nitrogens with zero attached hydrogens (tertiary/aromatic N) is 1. The van der Waals surface area contributed by atoms with E-state index in [0.29, 0.717) is 6.54 Å². The number of fused-ring (bicyclic) bond motifs is 1. The zero-order valence-corrected chi connectivity index (χ0v) is 15.4. The van der Waals surface area contributed by atoms with E-state index in [1.165, 1.54) is 17.5 Å². The molecule has 5 heteroatoms. The number of benzene rings is 2. The van der Waals surface area contributed by atoms with Gasteiger partial charge in [0, 0.05) is 28.8 Å². The van der Waals surface area contributed by atoms with Crippen molar-refractivity contribution in [2.24, 2.45) is 5.92 Å². The van der Waals surface area contributed by atoms with Gasteiger partial charge in [-0.05, 0) is 66.8 Å². The molecule has 2 aromatic rings. The summed E-state index contributed by atoms with van der Waals surface area (Å²) >= 11 is 3.39. The van der Waals surface area contributed by atoms with Crippen molar-refractivity contribution in [3.63, 3.8) is 0 Å². The standard InChI is InChI=1S/C20H19BrN2O2/c21-16-5-8-18(9-6-16)23-12-15(11-19(23)24)20(25)22-17-7-4-13-2-1-3-14(13)10-17/h4-10,15H,1-3,11-12H2,(H,22,25). The van der Waals surface area contributed by atoms with Gasteiger partial charge in [0.1, 0.15) is 0 Å². The van der Waals surface area contributed by atoms with E-state index in [9.17, 15) is 9.59 Å². The maximum Gasteiger partial charge on any atom is 0.229 e. The van der Waals surface area contributed by atoms with Crippen molar-refractivity contribution < 1.29 is 9.59 Å². The van der Waals surface area contributed by atoms with Crippen molar-refractivity contribution in [1.82, 2.24) is 0 Å². The van der Waals surface area contributed by atoms with Crippen LogP contribution in [-0.4, -0.2) is 18.4 Å². The van der Waals surface area contributed by atoms with E-state index in [0.717, 1.165) is 28.7 Å². The first-order chi connectivity index (χ1) is 12.1. The molecular weight excluding hydrogens is 380 g/mol. The van der Waals surface area contributed by atoms with Crippen LogP contribution in [0.2, 0.25) is 0 Å². The summed E-state index contributed by atoms with van der Waals surface area (Å²) in [7, 11) is 0. The van der Waals surface area contributed by atoms with Crippen LogP contribution in [0.4, 0.5) is 11.4 Å². The summed E-state index contributed by atoms with van der Waals surface area (Å²) in [6.45, 7) is 0.428. The highest BCUT2D eigenvalue weighted by Gasteiger charge is 2.35. The van der Waals surface area contributed by atoms with Gasteiger partial charge in [-0.25, -0.2) is 0 Å². The van der Waals surface area contributed by atoms with Crippen molar-refractivity contribution >= 4 is 39.1 Å². The molecule has 1 saturated heterocycles. The number of nitrogens with one attached hydrogen (secondary N) is 1. The van der Waals surface area contributed by atoms with Gasteiger partial charge in [0.15, 0.2) is 0 Å². The average Bonchev–Trinajstić information content (AvgIpc) is 3.22. The second-order valence-corrected chi connectivity index (χ2v) is 7.62. The van der Waals surface area contributed by atoms with Gasteiger partial charge in [0.25, 0.3) is 0 Å². The molecular formula is C20H19BrN2O2. The fourth-order valence-electron chi connectivity index (χ4n) is 3.65. The molecule has 0 aromatic heterocycles. The maximum atomic E-state index is 12.6. The summed E-state index contributed by atoms with van der Waals surface area (Å²) in [5.41, 5.74) is 4.38. The Morgan fingerprint density at radius 1 is 1.08 bits per heavy atom. The summed E-state index contributed by atoms with van der Waals surface area (Å²) in [5.74, 6) is -0.397. The van der Waals surface area contributed by atoms with Crippen LogP contribution in [-0.2, 0) is 22.4 Å². The molecule has 1 N–H and O–H groups in total. The third kappa shape index (κ3) is 3.33. The van der Waals surface area contributed by atoms with E-state index >= 15 is 0 Å². The number of anilines is 2. The lowest BCUT2D eigenvalue weighted by Gasteiger charge is -2.17. The van der Waals surface area contributed by atoms with Crippen LogP contribution in [0.25, 0.3) is 0 Å². The molecule has 0 saturated carbocycles. The fraction of sp³-hybridized carbons (Fsp3) is 0.300. The van der Waals surface area contributed by atoms with Gasteiger partial charge in [0.2, 0.25) is 11.8 Å². The first kappa shape index (κ1) is 16.3. The molecule has 1 aliphatic carbocycles. The predicted molar refractivity (Wildman–Crippen MR) is 102 cm³/mol. The molecule has 128 valence electrons. The van der Waals surface area contributed by atoms with Gasteiger partial charge < -0.3 is 10.2 Å². The minimum atomic E-state index is -0.315. The van der Waals surface area contributed by atoms with E-state index in [2.05, 4.69) is 33.4 Å². The van der Waals surface area contributed by atoms with E-state index in [1.807, 2.05) is 30.3 Å². The largest absolute Gasteiger partial charge is 0.326 e. The van der Waals surface area contributed by atoms with Gasteiger partial charge in [-0.3, -0.25) is 9.59 Å². The summed E-state index contributed by atoms with van der Waals surface area (Å²) in [4.78, 5) is 26.6.